The molecule has 0 spiro atoms. The van der Waals surface area contributed by atoms with Crippen LogP contribution in [0, 0.1) is 6.92 Å². The second-order valence-corrected chi connectivity index (χ2v) is 8.94. The molecule has 0 unspecified atom stereocenters. The normalized spacial score (nSPS) is 11.6. The number of nitrogens with zero attached hydrogens (tertiary/aromatic N) is 4. The zero-order valence-electron chi connectivity index (χ0n) is 13.3. The molecule has 0 bridgehead atoms. The Balaban J connectivity index is 1.69. The number of thioether (sulfide) groups is 1. The molecule has 0 saturated carbocycles. The minimum atomic E-state index is -3.37. The molecule has 6 nitrogen and oxygen atoms in total. The van der Waals surface area contributed by atoms with Crippen LogP contribution < -0.4 is 0 Å². The minimum Gasteiger partial charge on any atom is -0.224 e. The SMILES string of the molecule is Cc1cccc(-n2nnnc2SCCS(=O)(=O)c2ccc(Cl)cc2)c1. The highest BCUT2D eigenvalue weighted by atomic mass is 35.5. The number of aromatic nitrogens is 4. The average Bonchev–Trinajstić information content (AvgIpc) is 3.03. The van der Waals surface area contributed by atoms with Crippen LogP contribution >= 0.6 is 23.4 Å². The lowest BCUT2D eigenvalue weighted by molar-refractivity contribution is 0.597. The molecule has 0 aliphatic heterocycles. The summed E-state index contributed by atoms with van der Waals surface area (Å²) in [4.78, 5) is 0.260. The predicted octanol–water partition coefficient (Wildman–Crippen LogP) is 3.19. The first-order valence-corrected chi connectivity index (χ1v) is 10.4. The summed E-state index contributed by atoms with van der Waals surface area (Å²) < 4.78 is 26.3. The van der Waals surface area contributed by atoms with E-state index in [-0.39, 0.29) is 10.6 Å². The van der Waals surface area contributed by atoms with Gasteiger partial charge >= 0.3 is 0 Å². The van der Waals surface area contributed by atoms with Gasteiger partial charge in [-0.1, -0.05) is 35.5 Å². The van der Waals surface area contributed by atoms with E-state index in [1.165, 1.54) is 23.9 Å². The summed E-state index contributed by atoms with van der Waals surface area (Å²) in [6, 6.07) is 13.9. The van der Waals surface area contributed by atoms with E-state index in [1.54, 1.807) is 16.8 Å². The number of halogens is 1. The van der Waals surface area contributed by atoms with E-state index in [2.05, 4.69) is 15.5 Å². The van der Waals surface area contributed by atoms with Gasteiger partial charge in [-0.05, 0) is 59.3 Å². The zero-order chi connectivity index (χ0) is 17.9. The van der Waals surface area contributed by atoms with Crippen LogP contribution in [0.15, 0.2) is 58.6 Å². The summed E-state index contributed by atoms with van der Waals surface area (Å²) in [6.07, 6.45) is 0. The molecule has 3 aromatic rings. The second kappa shape index (κ2) is 7.55. The molecule has 25 heavy (non-hydrogen) atoms. The highest BCUT2D eigenvalue weighted by molar-refractivity contribution is 8.00. The first kappa shape index (κ1) is 17.9. The van der Waals surface area contributed by atoms with Gasteiger partial charge in [0, 0.05) is 10.8 Å². The highest BCUT2D eigenvalue weighted by Crippen LogP contribution is 2.21. The lowest BCUT2D eigenvalue weighted by atomic mass is 10.2. The molecule has 0 amide bonds. The van der Waals surface area contributed by atoms with Crippen LogP contribution in [-0.4, -0.2) is 40.1 Å². The van der Waals surface area contributed by atoms with E-state index in [0.29, 0.717) is 15.9 Å². The Morgan fingerprint density at radius 2 is 1.92 bits per heavy atom. The molecule has 3 rings (SSSR count). The maximum Gasteiger partial charge on any atom is 0.214 e. The van der Waals surface area contributed by atoms with E-state index in [1.807, 2.05) is 31.2 Å². The summed E-state index contributed by atoms with van der Waals surface area (Å²) in [5, 5.41) is 12.7. The Bertz CT molecular complexity index is 972. The van der Waals surface area contributed by atoms with Crippen molar-refractivity contribution in [2.75, 3.05) is 11.5 Å². The molecule has 9 heteroatoms. The first-order chi connectivity index (χ1) is 12.0. The third-order valence-corrected chi connectivity index (χ3v) is 6.61. The van der Waals surface area contributed by atoms with Gasteiger partial charge in [0.15, 0.2) is 9.84 Å². The van der Waals surface area contributed by atoms with Gasteiger partial charge in [-0.15, -0.1) is 5.10 Å². The van der Waals surface area contributed by atoms with Gasteiger partial charge in [0.2, 0.25) is 5.16 Å². The molecule has 130 valence electrons. The summed E-state index contributed by atoms with van der Waals surface area (Å²) in [6.45, 7) is 1.99. The van der Waals surface area contributed by atoms with E-state index in [9.17, 15) is 8.42 Å². The Morgan fingerprint density at radius 3 is 2.64 bits per heavy atom. The summed E-state index contributed by atoms with van der Waals surface area (Å²) >= 11 is 7.10. The van der Waals surface area contributed by atoms with Gasteiger partial charge in [0.25, 0.3) is 0 Å². The molecular formula is C16H15ClN4O2S2. The van der Waals surface area contributed by atoms with Gasteiger partial charge in [0.05, 0.1) is 16.3 Å². The number of sulfone groups is 1. The number of hydrogen-bond donors (Lipinski definition) is 0. The molecule has 0 saturated heterocycles. The van der Waals surface area contributed by atoms with Crippen LogP contribution in [0.2, 0.25) is 5.02 Å². The number of hydrogen-bond acceptors (Lipinski definition) is 6. The van der Waals surface area contributed by atoms with Crippen LogP contribution in [0.5, 0.6) is 0 Å². The van der Waals surface area contributed by atoms with Crippen LogP contribution in [0.4, 0.5) is 0 Å². The predicted molar refractivity (Wildman–Crippen MR) is 98.1 cm³/mol. The minimum absolute atomic E-state index is 0.0139. The topological polar surface area (TPSA) is 77.7 Å². The van der Waals surface area contributed by atoms with Gasteiger partial charge < -0.3 is 0 Å². The third-order valence-electron chi connectivity index (χ3n) is 3.44. The molecule has 0 fully saturated rings. The Hall–Kier alpha value is -1.90. The molecule has 1 aromatic heterocycles. The van der Waals surface area contributed by atoms with Gasteiger partial charge in [-0.2, -0.15) is 4.68 Å². The van der Waals surface area contributed by atoms with E-state index >= 15 is 0 Å². The quantitative estimate of drug-likeness (QED) is 0.597. The highest BCUT2D eigenvalue weighted by Gasteiger charge is 2.16. The first-order valence-electron chi connectivity index (χ1n) is 7.42. The van der Waals surface area contributed by atoms with E-state index in [0.717, 1.165) is 11.3 Å². The van der Waals surface area contributed by atoms with Crippen LogP contribution in [0.25, 0.3) is 5.69 Å². The van der Waals surface area contributed by atoms with Gasteiger partial charge in [-0.3, -0.25) is 0 Å². The summed E-state index contributed by atoms with van der Waals surface area (Å²) in [7, 11) is -3.37. The van der Waals surface area contributed by atoms with E-state index in [4.69, 9.17) is 11.6 Å². The van der Waals surface area contributed by atoms with Gasteiger partial charge in [0.1, 0.15) is 0 Å². The van der Waals surface area contributed by atoms with Crippen molar-refractivity contribution in [1.29, 1.82) is 0 Å². The maximum atomic E-state index is 12.4. The fourth-order valence-corrected chi connectivity index (χ4v) is 4.86. The fraction of sp³-hybridized carbons (Fsp3) is 0.188. The van der Waals surface area contributed by atoms with Gasteiger partial charge in [-0.25, -0.2) is 8.42 Å². The number of rotatable bonds is 6. The van der Waals surface area contributed by atoms with Crippen molar-refractivity contribution in [2.24, 2.45) is 0 Å². The van der Waals surface area contributed by atoms with Crippen LogP contribution in [-0.2, 0) is 9.84 Å². The number of benzene rings is 2. The van der Waals surface area contributed by atoms with Crippen molar-refractivity contribution in [3.8, 4) is 5.69 Å². The average molecular weight is 395 g/mol. The Labute approximate surface area is 155 Å². The lowest BCUT2D eigenvalue weighted by Gasteiger charge is -2.06. The molecular weight excluding hydrogens is 380 g/mol. The number of aryl methyl sites for hydroxylation is 1. The smallest absolute Gasteiger partial charge is 0.214 e. The molecule has 0 radical (unpaired) electrons. The second-order valence-electron chi connectivity index (χ2n) is 5.33. The summed E-state index contributed by atoms with van der Waals surface area (Å²) in [5.41, 5.74) is 1.93. The Morgan fingerprint density at radius 1 is 1.16 bits per heavy atom. The molecule has 1 heterocycles. The molecule has 0 aliphatic rings. The van der Waals surface area contributed by atoms with Crippen molar-refractivity contribution in [1.82, 2.24) is 20.2 Å². The third kappa shape index (κ3) is 4.39. The Kier molecular flexibility index (Phi) is 5.41. The molecule has 0 atom stereocenters. The fourth-order valence-electron chi connectivity index (χ4n) is 2.19. The molecule has 2 aromatic carbocycles. The largest absolute Gasteiger partial charge is 0.224 e. The van der Waals surface area contributed by atoms with Crippen molar-refractivity contribution >= 4 is 33.2 Å². The van der Waals surface area contributed by atoms with Crippen molar-refractivity contribution in [3.05, 3.63) is 59.1 Å². The van der Waals surface area contributed by atoms with E-state index < -0.39 is 9.84 Å². The lowest BCUT2D eigenvalue weighted by Crippen LogP contribution is -2.09. The van der Waals surface area contributed by atoms with Crippen molar-refractivity contribution < 1.29 is 8.42 Å². The molecule has 0 N–H and O–H groups in total. The number of tetrazole rings is 1. The standard InChI is InChI=1S/C16H15ClN4O2S2/c1-12-3-2-4-14(11-12)21-16(18-19-20-21)24-9-10-25(22,23)15-7-5-13(17)6-8-15/h2-8,11H,9-10H2,1H3. The van der Waals surface area contributed by atoms with Crippen molar-refractivity contribution in [2.45, 2.75) is 17.0 Å². The maximum absolute atomic E-state index is 12.4. The van der Waals surface area contributed by atoms with Crippen LogP contribution in [0.3, 0.4) is 0 Å². The zero-order valence-corrected chi connectivity index (χ0v) is 15.7. The monoisotopic (exact) mass is 394 g/mol. The summed E-state index contributed by atoms with van der Waals surface area (Å²) in [5.74, 6) is 0.330. The van der Waals surface area contributed by atoms with Crippen LogP contribution in [0.1, 0.15) is 5.56 Å². The van der Waals surface area contributed by atoms with Crippen molar-refractivity contribution in [3.63, 3.8) is 0 Å². The molecule has 0 aliphatic carbocycles.